The van der Waals surface area contributed by atoms with Gasteiger partial charge in [0.25, 0.3) is 5.91 Å². The minimum atomic E-state index is -1.28. The molecule has 1 atom stereocenters. The van der Waals surface area contributed by atoms with Gasteiger partial charge in [-0.3, -0.25) is 9.78 Å². The Labute approximate surface area is 157 Å². The van der Waals surface area contributed by atoms with Crippen LogP contribution >= 0.6 is 0 Å². The van der Waals surface area contributed by atoms with Crippen LogP contribution in [0.3, 0.4) is 0 Å². The number of carbonyl (C=O) groups is 1. The molecule has 1 unspecified atom stereocenters. The molecule has 0 bridgehead atoms. The van der Waals surface area contributed by atoms with Gasteiger partial charge in [0.05, 0.1) is 11.9 Å². The molecule has 27 heavy (non-hydrogen) atoms. The maximum Gasteiger partial charge on any atom is 0.266 e. The summed E-state index contributed by atoms with van der Waals surface area (Å²) in [5.74, 6) is 0.734. The zero-order valence-electron chi connectivity index (χ0n) is 15.4. The van der Waals surface area contributed by atoms with E-state index in [1.54, 1.807) is 19.3 Å². The highest BCUT2D eigenvalue weighted by atomic mass is 16.5. The average Bonchev–Trinajstić information content (AvgIpc) is 2.65. The molecule has 1 aliphatic heterocycles. The number of nitrogens with two attached hydrogens (primary N) is 1. The van der Waals surface area contributed by atoms with E-state index >= 15 is 0 Å². The molecule has 3 heterocycles. The molecule has 1 aliphatic rings. The molecule has 0 aliphatic carbocycles. The van der Waals surface area contributed by atoms with E-state index in [-0.39, 0.29) is 0 Å². The zero-order valence-corrected chi connectivity index (χ0v) is 15.4. The van der Waals surface area contributed by atoms with E-state index in [1.165, 1.54) is 0 Å². The number of pyridine rings is 2. The SMILES string of the molecule is Cc1nc(Nc2cccnc2)c(C)c2c1-c1ccccc1OC2(C)C(N)=O. The number of carbonyl (C=O) groups excluding carboxylic acids is 1. The molecular formula is C21H20N4O2. The highest BCUT2D eigenvalue weighted by Gasteiger charge is 2.44. The number of amides is 1. The van der Waals surface area contributed by atoms with Crippen LogP contribution in [0.2, 0.25) is 0 Å². The van der Waals surface area contributed by atoms with Gasteiger partial charge < -0.3 is 15.8 Å². The number of aryl methyl sites for hydroxylation is 1. The predicted molar refractivity (Wildman–Crippen MR) is 104 cm³/mol. The molecule has 4 rings (SSSR count). The second kappa shape index (κ2) is 6.09. The lowest BCUT2D eigenvalue weighted by Crippen LogP contribution is -2.46. The third-order valence-corrected chi connectivity index (χ3v) is 4.96. The van der Waals surface area contributed by atoms with Crippen LogP contribution in [0, 0.1) is 13.8 Å². The van der Waals surface area contributed by atoms with Crippen LogP contribution < -0.4 is 15.8 Å². The maximum atomic E-state index is 12.4. The van der Waals surface area contributed by atoms with Gasteiger partial charge in [0.15, 0.2) is 0 Å². The van der Waals surface area contributed by atoms with Crippen molar-refractivity contribution >= 4 is 17.4 Å². The summed E-state index contributed by atoms with van der Waals surface area (Å²) in [6, 6.07) is 11.4. The van der Waals surface area contributed by atoms with Gasteiger partial charge in [-0.15, -0.1) is 0 Å². The number of nitrogens with one attached hydrogen (secondary N) is 1. The molecule has 3 aromatic rings. The summed E-state index contributed by atoms with van der Waals surface area (Å²) in [5.41, 5.74) is 9.47. The number of hydrogen-bond acceptors (Lipinski definition) is 5. The van der Waals surface area contributed by atoms with E-state index in [1.807, 2.05) is 50.2 Å². The van der Waals surface area contributed by atoms with Gasteiger partial charge >= 0.3 is 0 Å². The Hall–Kier alpha value is -3.41. The van der Waals surface area contributed by atoms with E-state index in [4.69, 9.17) is 15.5 Å². The second-order valence-corrected chi connectivity index (χ2v) is 6.78. The molecule has 0 radical (unpaired) electrons. The summed E-state index contributed by atoms with van der Waals surface area (Å²) in [6.45, 7) is 5.56. The van der Waals surface area contributed by atoms with Crippen molar-refractivity contribution in [3.05, 3.63) is 65.6 Å². The van der Waals surface area contributed by atoms with E-state index in [0.717, 1.165) is 33.6 Å². The van der Waals surface area contributed by atoms with Crippen molar-refractivity contribution in [1.29, 1.82) is 0 Å². The number of aromatic nitrogens is 2. The topological polar surface area (TPSA) is 90.1 Å². The van der Waals surface area contributed by atoms with E-state index in [9.17, 15) is 4.79 Å². The Morgan fingerprint density at radius 3 is 2.67 bits per heavy atom. The molecule has 136 valence electrons. The first kappa shape index (κ1) is 17.0. The Bertz CT molecular complexity index is 1050. The fraction of sp³-hybridized carbons (Fsp3) is 0.190. The van der Waals surface area contributed by atoms with Crippen LogP contribution in [0.5, 0.6) is 5.75 Å². The number of ether oxygens (including phenoxy) is 1. The number of rotatable bonds is 3. The van der Waals surface area contributed by atoms with Crippen molar-refractivity contribution in [1.82, 2.24) is 9.97 Å². The lowest BCUT2D eigenvalue weighted by atomic mass is 9.81. The van der Waals surface area contributed by atoms with Crippen LogP contribution in [0.1, 0.15) is 23.7 Å². The highest BCUT2D eigenvalue weighted by Crippen LogP contribution is 2.48. The van der Waals surface area contributed by atoms with Gasteiger partial charge in [0.1, 0.15) is 11.6 Å². The van der Waals surface area contributed by atoms with E-state index < -0.39 is 11.5 Å². The second-order valence-electron chi connectivity index (χ2n) is 6.78. The molecule has 3 N–H and O–H groups in total. The summed E-state index contributed by atoms with van der Waals surface area (Å²) in [7, 11) is 0. The minimum absolute atomic E-state index is 0.542. The van der Waals surface area contributed by atoms with Crippen LogP contribution in [0.25, 0.3) is 11.1 Å². The maximum absolute atomic E-state index is 12.4. The van der Waals surface area contributed by atoms with Crippen molar-refractivity contribution < 1.29 is 9.53 Å². The monoisotopic (exact) mass is 360 g/mol. The van der Waals surface area contributed by atoms with Gasteiger partial charge in [-0.25, -0.2) is 4.98 Å². The fourth-order valence-electron chi connectivity index (χ4n) is 3.62. The van der Waals surface area contributed by atoms with Gasteiger partial charge in [0, 0.05) is 34.1 Å². The third-order valence-electron chi connectivity index (χ3n) is 4.96. The Kier molecular flexibility index (Phi) is 3.84. The van der Waals surface area contributed by atoms with Gasteiger partial charge in [-0.1, -0.05) is 18.2 Å². The summed E-state index contributed by atoms with van der Waals surface area (Å²) < 4.78 is 6.11. The number of fused-ring (bicyclic) bond motifs is 3. The van der Waals surface area contributed by atoms with E-state index in [0.29, 0.717) is 11.6 Å². The first-order valence-electron chi connectivity index (χ1n) is 8.69. The number of nitrogens with zero attached hydrogens (tertiary/aromatic N) is 2. The smallest absolute Gasteiger partial charge is 0.266 e. The molecule has 0 spiro atoms. The molecule has 2 aromatic heterocycles. The average molecular weight is 360 g/mol. The standard InChI is InChI=1S/C21H20N4O2/c1-12-18-17(13(2)24-19(12)25-14-7-6-10-23-11-14)15-8-4-5-9-16(15)27-21(18,3)20(22)26/h4-11H,1-3H3,(H2,22,26)(H,24,25). The van der Waals surface area contributed by atoms with Crippen molar-refractivity contribution in [3.63, 3.8) is 0 Å². The van der Waals surface area contributed by atoms with E-state index in [2.05, 4.69) is 10.3 Å². The zero-order chi connectivity index (χ0) is 19.2. The Balaban J connectivity index is 1.98. The van der Waals surface area contributed by atoms with Crippen molar-refractivity contribution in [2.45, 2.75) is 26.4 Å². The van der Waals surface area contributed by atoms with Gasteiger partial charge in [-0.2, -0.15) is 0 Å². The first-order valence-corrected chi connectivity index (χ1v) is 8.69. The molecule has 1 amide bonds. The molecule has 6 nitrogen and oxygen atoms in total. The van der Waals surface area contributed by atoms with Crippen molar-refractivity contribution in [2.75, 3.05) is 5.32 Å². The molecule has 6 heteroatoms. The number of primary amides is 1. The summed E-state index contributed by atoms with van der Waals surface area (Å²) >= 11 is 0. The highest BCUT2D eigenvalue weighted by molar-refractivity contribution is 5.93. The molecular weight excluding hydrogens is 340 g/mol. The van der Waals surface area contributed by atoms with Crippen molar-refractivity contribution in [3.8, 4) is 16.9 Å². The van der Waals surface area contributed by atoms with Crippen LogP contribution in [0.4, 0.5) is 11.5 Å². The van der Waals surface area contributed by atoms with Crippen molar-refractivity contribution in [2.24, 2.45) is 5.73 Å². The minimum Gasteiger partial charge on any atom is -0.472 e. The number of anilines is 2. The number of para-hydroxylation sites is 1. The first-order chi connectivity index (χ1) is 12.9. The molecule has 1 aromatic carbocycles. The summed E-state index contributed by atoms with van der Waals surface area (Å²) in [6.07, 6.45) is 3.42. The van der Waals surface area contributed by atoms with Crippen LogP contribution in [-0.2, 0) is 10.4 Å². The van der Waals surface area contributed by atoms with Crippen LogP contribution in [-0.4, -0.2) is 15.9 Å². The fourth-order valence-corrected chi connectivity index (χ4v) is 3.62. The normalized spacial score (nSPS) is 17.4. The Morgan fingerprint density at radius 1 is 1.19 bits per heavy atom. The van der Waals surface area contributed by atoms with Gasteiger partial charge in [0.2, 0.25) is 5.60 Å². The molecule has 0 saturated carbocycles. The Morgan fingerprint density at radius 2 is 1.96 bits per heavy atom. The van der Waals surface area contributed by atoms with Crippen LogP contribution in [0.15, 0.2) is 48.8 Å². The largest absolute Gasteiger partial charge is 0.472 e. The summed E-state index contributed by atoms with van der Waals surface area (Å²) in [4.78, 5) is 21.3. The molecule has 0 saturated heterocycles. The number of benzene rings is 1. The lowest BCUT2D eigenvalue weighted by Gasteiger charge is -2.37. The number of hydrogen-bond donors (Lipinski definition) is 2. The molecule has 0 fully saturated rings. The summed E-state index contributed by atoms with van der Waals surface area (Å²) in [5, 5.41) is 3.28. The third kappa shape index (κ3) is 2.61. The quantitative estimate of drug-likeness (QED) is 0.745. The lowest BCUT2D eigenvalue weighted by molar-refractivity contribution is -0.133. The van der Waals surface area contributed by atoms with Gasteiger partial charge in [-0.05, 0) is 39.0 Å². The predicted octanol–water partition coefficient (Wildman–Crippen LogP) is 3.60.